The van der Waals surface area contributed by atoms with E-state index in [1.54, 1.807) is 32.6 Å². The van der Waals surface area contributed by atoms with E-state index in [0.29, 0.717) is 24.3 Å². The SMILES string of the molecule is CN(C)C(=O)C(C)(C)NC(=O)N1CCn2nc(-c3ccc(F)c(Cl)c3)c(C(N)=O)c2C1. The number of urea groups is 1. The molecule has 0 unspecified atom stereocenters. The van der Waals surface area contributed by atoms with Crippen molar-refractivity contribution >= 4 is 29.4 Å². The van der Waals surface area contributed by atoms with Gasteiger partial charge in [-0.3, -0.25) is 14.3 Å². The van der Waals surface area contributed by atoms with Crippen LogP contribution in [0.4, 0.5) is 9.18 Å². The number of likely N-dealkylation sites (N-methyl/N-ethyl adjacent to an activating group) is 1. The number of aromatic nitrogens is 2. The Kier molecular flexibility index (Phi) is 5.95. The lowest BCUT2D eigenvalue weighted by atomic mass is 10.0. The van der Waals surface area contributed by atoms with Gasteiger partial charge in [-0.1, -0.05) is 11.6 Å². The van der Waals surface area contributed by atoms with Crippen LogP contribution in [0.2, 0.25) is 5.02 Å². The highest BCUT2D eigenvalue weighted by atomic mass is 35.5. The minimum Gasteiger partial charge on any atom is -0.365 e. The molecular formula is C20H24ClFN6O3. The van der Waals surface area contributed by atoms with Crippen molar-refractivity contribution in [1.29, 1.82) is 0 Å². The van der Waals surface area contributed by atoms with Gasteiger partial charge < -0.3 is 20.9 Å². The molecule has 0 saturated heterocycles. The normalized spacial score (nSPS) is 13.5. The number of hydrogen-bond acceptors (Lipinski definition) is 4. The van der Waals surface area contributed by atoms with E-state index in [0.717, 1.165) is 0 Å². The van der Waals surface area contributed by atoms with Crippen molar-refractivity contribution in [2.75, 3.05) is 20.6 Å². The lowest BCUT2D eigenvalue weighted by Crippen LogP contribution is -2.58. The van der Waals surface area contributed by atoms with Crippen molar-refractivity contribution in [2.45, 2.75) is 32.5 Å². The molecule has 9 nitrogen and oxygen atoms in total. The van der Waals surface area contributed by atoms with Gasteiger partial charge in [-0.2, -0.15) is 5.10 Å². The Hall–Kier alpha value is -3.14. The summed E-state index contributed by atoms with van der Waals surface area (Å²) in [5.74, 6) is -1.56. The molecule has 2 heterocycles. The second kappa shape index (κ2) is 8.18. The molecule has 0 saturated carbocycles. The summed E-state index contributed by atoms with van der Waals surface area (Å²) in [5, 5.41) is 7.07. The average molecular weight is 451 g/mol. The smallest absolute Gasteiger partial charge is 0.318 e. The van der Waals surface area contributed by atoms with Gasteiger partial charge in [-0.15, -0.1) is 0 Å². The molecule has 0 bridgehead atoms. The summed E-state index contributed by atoms with van der Waals surface area (Å²) in [6.07, 6.45) is 0. The quantitative estimate of drug-likeness (QED) is 0.739. The Morgan fingerprint density at radius 1 is 1.26 bits per heavy atom. The summed E-state index contributed by atoms with van der Waals surface area (Å²) < 4.78 is 15.2. The van der Waals surface area contributed by atoms with Crippen molar-refractivity contribution in [3.63, 3.8) is 0 Å². The Morgan fingerprint density at radius 3 is 2.52 bits per heavy atom. The fraction of sp³-hybridized carbons (Fsp3) is 0.400. The summed E-state index contributed by atoms with van der Waals surface area (Å²) in [5.41, 5.74) is 5.82. The van der Waals surface area contributed by atoms with Crippen LogP contribution in [0.3, 0.4) is 0 Å². The minimum atomic E-state index is -1.11. The summed E-state index contributed by atoms with van der Waals surface area (Å²) in [7, 11) is 3.22. The van der Waals surface area contributed by atoms with Crippen LogP contribution in [0.15, 0.2) is 18.2 Å². The van der Waals surface area contributed by atoms with E-state index in [9.17, 15) is 18.8 Å². The number of primary amides is 1. The van der Waals surface area contributed by atoms with Crippen molar-refractivity contribution in [2.24, 2.45) is 5.73 Å². The number of nitrogens with zero attached hydrogens (tertiary/aromatic N) is 4. The van der Waals surface area contributed by atoms with Gasteiger partial charge in [0.1, 0.15) is 17.1 Å². The molecule has 3 N–H and O–H groups in total. The topological polar surface area (TPSA) is 114 Å². The van der Waals surface area contributed by atoms with Gasteiger partial charge in [0, 0.05) is 26.2 Å². The third kappa shape index (κ3) is 4.34. The second-order valence-electron chi connectivity index (χ2n) is 8.06. The van der Waals surface area contributed by atoms with E-state index < -0.39 is 23.3 Å². The zero-order chi connectivity index (χ0) is 23.1. The van der Waals surface area contributed by atoms with Crippen LogP contribution in [0.5, 0.6) is 0 Å². The number of carbonyl (C=O) groups is 3. The Morgan fingerprint density at radius 2 is 1.94 bits per heavy atom. The largest absolute Gasteiger partial charge is 0.365 e. The van der Waals surface area contributed by atoms with E-state index >= 15 is 0 Å². The van der Waals surface area contributed by atoms with Crippen LogP contribution in [-0.2, 0) is 17.9 Å². The van der Waals surface area contributed by atoms with Gasteiger partial charge in [0.15, 0.2) is 0 Å². The lowest BCUT2D eigenvalue weighted by Gasteiger charge is -2.33. The molecule has 1 aliphatic heterocycles. The average Bonchev–Trinajstić information content (AvgIpc) is 3.07. The van der Waals surface area contributed by atoms with Crippen molar-refractivity contribution < 1.29 is 18.8 Å². The van der Waals surface area contributed by atoms with Crippen molar-refractivity contribution in [3.05, 3.63) is 40.3 Å². The van der Waals surface area contributed by atoms with E-state index in [1.165, 1.54) is 28.0 Å². The predicted octanol–water partition coefficient (Wildman–Crippen LogP) is 1.83. The maximum Gasteiger partial charge on any atom is 0.318 e. The number of rotatable bonds is 4. The zero-order valence-corrected chi connectivity index (χ0v) is 18.5. The van der Waals surface area contributed by atoms with Crippen LogP contribution in [-0.4, -0.2) is 63.6 Å². The van der Waals surface area contributed by atoms with Gasteiger partial charge in [0.2, 0.25) is 5.91 Å². The second-order valence-corrected chi connectivity index (χ2v) is 8.47. The lowest BCUT2D eigenvalue weighted by molar-refractivity contribution is -0.134. The van der Waals surface area contributed by atoms with Crippen LogP contribution < -0.4 is 11.1 Å². The molecule has 3 rings (SSSR count). The highest BCUT2D eigenvalue weighted by Crippen LogP contribution is 2.30. The van der Waals surface area contributed by atoms with Crippen LogP contribution >= 0.6 is 11.6 Å². The molecule has 1 aliphatic rings. The fourth-order valence-corrected chi connectivity index (χ4v) is 3.73. The monoisotopic (exact) mass is 450 g/mol. The van der Waals surface area contributed by atoms with Crippen LogP contribution in [0, 0.1) is 5.82 Å². The summed E-state index contributed by atoms with van der Waals surface area (Å²) >= 11 is 5.88. The first-order valence-electron chi connectivity index (χ1n) is 9.56. The first kappa shape index (κ1) is 22.5. The van der Waals surface area contributed by atoms with Gasteiger partial charge in [-0.05, 0) is 32.0 Å². The standard InChI is InChI=1S/C20H24ClFN6O3/c1-20(2,18(30)26(3)4)24-19(31)27-7-8-28-14(10-27)15(17(23)29)16(25-28)11-5-6-13(22)12(21)9-11/h5-6,9H,7-8,10H2,1-4H3,(H2,23,29)(H,24,31). The highest BCUT2D eigenvalue weighted by molar-refractivity contribution is 6.31. The van der Waals surface area contributed by atoms with Gasteiger partial charge in [0.05, 0.1) is 29.4 Å². The maximum atomic E-state index is 13.6. The fourth-order valence-electron chi connectivity index (χ4n) is 3.55. The molecule has 11 heteroatoms. The van der Waals surface area contributed by atoms with Gasteiger partial charge in [0.25, 0.3) is 5.91 Å². The van der Waals surface area contributed by atoms with E-state index in [1.807, 2.05) is 0 Å². The maximum absolute atomic E-state index is 13.6. The number of nitrogens with one attached hydrogen (secondary N) is 1. The summed E-state index contributed by atoms with van der Waals surface area (Å²) in [6.45, 7) is 3.94. The number of carbonyl (C=O) groups excluding carboxylic acids is 3. The highest BCUT2D eigenvalue weighted by Gasteiger charge is 2.35. The summed E-state index contributed by atoms with van der Waals surface area (Å²) in [4.78, 5) is 40.3. The van der Waals surface area contributed by atoms with Gasteiger partial charge >= 0.3 is 6.03 Å². The third-order valence-corrected chi connectivity index (χ3v) is 5.36. The molecule has 166 valence electrons. The van der Waals surface area contributed by atoms with Crippen molar-refractivity contribution in [3.8, 4) is 11.3 Å². The summed E-state index contributed by atoms with van der Waals surface area (Å²) in [6, 6.07) is 3.57. The molecule has 0 radical (unpaired) electrons. The Labute approximate surface area is 183 Å². The molecule has 0 fully saturated rings. The molecule has 0 atom stereocenters. The van der Waals surface area contributed by atoms with E-state index in [4.69, 9.17) is 17.3 Å². The molecule has 1 aromatic carbocycles. The Balaban J connectivity index is 1.91. The minimum absolute atomic E-state index is 0.0677. The number of benzene rings is 1. The first-order chi connectivity index (χ1) is 14.4. The molecule has 31 heavy (non-hydrogen) atoms. The third-order valence-electron chi connectivity index (χ3n) is 5.07. The zero-order valence-electron chi connectivity index (χ0n) is 17.7. The van der Waals surface area contributed by atoms with E-state index in [-0.39, 0.29) is 28.7 Å². The predicted molar refractivity (Wildman–Crippen MR) is 113 cm³/mol. The molecule has 0 aliphatic carbocycles. The number of hydrogen-bond donors (Lipinski definition) is 2. The molecule has 4 amide bonds. The van der Waals surface area contributed by atoms with Crippen LogP contribution in [0.25, 0.3) is 11.3 Å². The number of halogens is 2. The molecule has 0 spiro atoms. The Bertz CT molecular complexity index is 1070. The number of nitrogens with two attached hydrogens (primary N) is 1. The molecule has 1 aromatic heterocycles. The molecule has 2 aromatic rings. The first-order valence-corrected chi connectivity index (χ1v) is 9.94. The number of fused-ring (bicyclic) bond motifs is 1. The van der Waals surface area contributed by atoms with E-state index in [2.05, 4.69) is 10.4 Å². The van der Waals surface area contributed by atoms with Crippen molar-refractivity contribution in [1.82, 2.24) is 24.9 Å². The molecular weight excluding hydrogens is 427 g/mol. The number of amides is 4. The van der Waals surface area contributed by atoms with Gasteiger partial charge in [-0.25, -0.2) is 9.18 Å². The van der Waals surface area contributed by atoms with Crippen LogP contribution in [0.1, 0.15) is 29.9 Å².